The molecule has 0 saturated carbocycles. The first-order chi connectivity index (χ1) is 9.31. The predicted octanol–water partition coefficient (Wildman–Crippen LogP) is 0.364. The Morgan fingerprint density at radius 2 is 1.60 bits per heavy atom. The van der Waals surface area contributed by atoms with Gasteiger partial charge in [-0.2, -0.15) is 8.42 Å². The van der Waals surface area contributed by atoms with Gasteiger partial charge in [0, 0.05) is 25.0 Å². The summed E-state index contributed by atoms with van der Waals surface area (Å²) in [6.07, 6.45) is -0.233. The molecular weight excluding hydrogens is 292 g/mol. The van der Waals surface area contributed by atoms with Crippen LogP contribution >= 0.6 is 0 Å². The lowest BCUT2D eigenvalue weighted by molar-refractivity contribution is -0.384. The van der Waals surface area contributed by atoms with Gasteiger partial charge >= 0.3 is 10.1 Å². The summed E-state index contributed by atoms with van der Waals surface area (Å²) in [5.74, 6) is -1.50. The van der Waals surface area contributed by atoms with Crippen LogP contribution in [0.1, 0.15) is 12.8 Å². The number of nitro benzene ring substituents is 1. The number of benzene rings is 1. The van der Waals surface area contributed by atoms with Gasteiger partial charge in [-0.3, -0.25) is 19.7 Å². The van der Waals surface area contributed by atoms with E-state index in [4.69, 9.17) is 0 Å². The fourth-order valence-electron chi connectivity index (χ4n) is 1.51. The lowest BCUT2D eigenvalue weighted by Crippen LogP contribution is -2.32. The summed E-state index contributed by atoms with van der Waals surface area (Å²) in [5, 5.41) is 10.6. The average molecular weight is 300 g/mol. The maximum absolute atomic E-state index is 11.8. The van der Waals surface area contributed by atoms with E-state index in [0.717, 1.165) is 24.3 Å². The van der Waals surface area contributed by atoms with Crippen molar-refractivity contribution >= 4 is 27.6 Å². The Bertz CT molecular complexity index is 664. The molecule has 1 heterocycles. The fraction of sp³-hybridized carbons (Fsp3) is 0.200. The van der Waals surface area contributed by atoms with E-state index in [9.17, 15) is 28.1 Å². The highest BCUT2D eigenvalue weighted by Crippen LogP contribution is 2.21. The Hall–Kier alpha value is -2.33. The molecule has 1 aliphatic rings. The Labute approximate surface area is 113 Å². The van der Waals surface area contributed by atoms with Crippen molar-refractivity contribution in [1.82, 2.24) is 5.06 Å². The zero-order chi connectivity index (χ0) is 14.9. The SMILES string of the molecule is O=C1CCC(=O)N1OS(=O)(=O)c1ccc([N+](=O)[O-])cc1. The van der Waals surface area contributed by atoms with Crippen LogP contribution in [0.25, 0.3) is 0 Å². The van der Waals surface area contributed by atoms with Gasteiger partial charge in [0.2, 0.25) is 0 Å². The zero-order valence-corrected chi connectivity index (χ0v) is 10.7. The Morgan fingerprint density at radius 1 is 1.10 bits per heavy atom. The highest BCUT2D eigenvalue weighted by atomic mass is 32.2. The summed E-state index contributed by atoms with van der Waals surface area (Å²) in [5.41, 5.74) is -0.294. The van der Waals surface area contributed by atoms with Crippen LogP contribution in [0.4, 0.5) is 5.69 Å². The van der Waals surface area contributed by atoms with Gasteiger partial charge in [-0.25, -0.2) is 0 Å². The molecule has 1 saturated heterocycles. The van der Waals surface area contributed by atoms with Crippen molar-refractivity contribution in [3.8, 4) is 0 Å². The Balaban J connectivity index is 2.24. The Morgan fingerprint density at radius 3 is 2.05 bits per heavy atom. The molecule has 0 aliphatic carbocycles. The molecule has 0 unspecified atom stereocenters. The summed E-state index contributed by atoms with van der Waals surface area (Å²) in [6.45, 7) is 0. The molecule has 10 heteroatoms. The monoisotopic (exact) mass is 300 g/mol. The molecule has 1 fully saturated rings. The summed E-state index contributed by atoms with van der Waals surface area (Å²) in [6, 6.07) is 3.87. The van der Waals surface area contributed by atoms with Crippen molar-refractivity contribution in [2.45, 2.75) is 17.7 Å². The van der Waals surface area contributed by atoms with Gasteiger partial charge in [0.25, 0.3) is 17.5 Å². The third-order valence-corrected chi connectivity index (χ3v) is 3.71. The van der Waals surface area contributed by atoms with Crippen LogP contribution in [0, 0.1) is 10.1 Å². The highest BCUT2D eigenvalue weighted by Gasteiger charge is 2.35. The van der Waals surface area contributed by atoms with Crippen LogP contribution < -0.4 is 0 Å². The second kappa shape index (κ2) is 4.98. The number of carbonyl (C=O) groups excluding carboxylic acids is 2. The van der Waals surface area contributed by atoms with E-state index in [1.165, 1.54) is 0 Å². The number of carbonyl (C=O) groups is 2. The molecule has 0 aromatic heterocycles. The standard InChI is InChI=1S/C10H8N2O7S/c13-9-5-6-10(14)11(9)19-20(17,18)8-3-1-7(2-4-8)12(15)16/h1-4H,5-6H2. The van der Waals surface area contributed by atoms with Crippen molar-refractivity contribution in [1.29, 1.82) is 0 Å². The normalized spacial score (nSPS) is 15.7. The van der Waals surface area contributed by atoms with Crippen LogP contribution in [0.3, 0.4) is 0 Å². The van der Waals surface area contributed by atoms with E-state index in [-0.39, 0.29) is 23.6 Å². The first-order valence-electron chi connectivity index (χ1n) is 5.36. The Kier molecular flexibility index (Phi) is 3.51. The van der Waals surface area contributed by atoms with E-state index in [2.05, 4.69) is 4.28 Å². The van der Waals surface area contributed by atoms with E-state index in [1.54, 1.807) is 0 Å². The lowest BCUT2D eigenvalue weighted by atomic mass is 10.3. The minimum absolute atomic E-state index is 0.116. The summed E-state index contributed by atoms with van der Waals surface area (Å²) in [4.78, 5) is 31.9. The van der Waals surface area contributed by atoms with Crippen molar-refractivity contribution in [2.24, 2.45) is 0 Å². The lowest BCUT2D eigenvalue weighted by Gasteiger charge is -2.12. The average Bonchev–Trinajstić information content (AvgIpc) is 2.70. The number of rotatable bonds is 4. The molecule has 9 nitrogen and oxygen atoms in total. The van der Waals surface area contributed by atoms with E-state index >= 15 is 0 Å². The minimum Gasteiger partial charge on any atom is -0.272 e. The second-order valence-corrected chi connectivity index (χ2v) is 5.39. The molecule has 2 amide bonds. The molecule has 0 radical (unpaired) electrons. The smallest absolute Gasteiger partial charge is 0.272 e. The third kappa shape index (κ3) is 2.65. The fourth-order valence-corrected chi connectivity index (χ4v) is 2.43. The molecule has 20 heavy (non-hydrogen) atoms. The van der Waals surface area contributed by atoms with Crippen LogP contribution in [0.5, 0.6) is 0 Å². The van der Waals surface area contributed by atoms with Crippen molar-refractivity contribution in [3.05, 3.63) is 34.4 Å². The van der Waals surface area contributed by atoms with Gasteiger partial charge in [0.1, 0.15) is 0 Å². The molecule has 0 bridgehead atoms. The highest BCUT2D eigenvalue weighted by molar-refractivity contribution is 7.86. The maximum atomic E-state index is 11.8. The molecule has 2 rings (SSSR count). The molecule has 0 atom stereocenters. The first-order valence-corrected chi connectivity index (χ1v) is 6.77. The zero-order valence-electron chi connectivity index (χ0n) is 9.88. The topological polar surface area (TPSA) is 124 Å². The predicted molar refractivity (Wildman–Crippen MR) is 62.5 cm³/mol. The number of amides is 2. The van der Waals surface area contributed by atoms with Crippen molar-refractivity contribution < 1.29 is 27.2 Å². The molecule has 1 aromatic rings. The number of nitro groups is 1. The molecular formula is C10H8N2O7S. The number of hydroxylamine groups is 2. The van der Waals surface area contributed by atoms with Gasteiger partial charge < -0.3 is 0 Å². The largest absolute Gasteiger partial charge is 0.318 e. The van der Waals surface area contributed by atoms with Crippen LogP contribution in [0.2, 0.25) is 0 Å². The summed E-state index contributed by atoms with van der Waals surface area (Å²) in [7, 11) is -4.39. The van der Waals surface area contributed by atoms with Gasteiger partial charge in [0.15, 0.2) is 0 Å². The quantitative estimate of drug-likeness (QED) is 0.446. The molecule has 1 aliphatic heterocycles. The van der Waals surface area contributed by atoms with Crippen LogP contribution in [-0.2, 0) is 24.0 Å². The summed E-state index contributed by atoms with van der Waals surface area (Å²) < 4.78 is 28.1. The van der Waals surface area contributed by atoms with Crippen LogP contribution in [-0.4, -0.2) is 30.2 Å². The number of hydrogen-bond acceptors (Lipinski definition) is 7. The van der Waals surface area contributed by atoms with E-state index < -0.39 is 31.8 Å². The molecule has 0 N–H and O–H groups in total. The van der Waals surface area contributed by atoms with Gasteiger partial charge in [-0.05, 0) is 12.1 Å². The van der Waals surface area contributed by atoms with Crippen LogP contribution in [0.15, 0.2) is 29.2 Å². The van der Waals surface area contributed by atoms with Crippen molar-refractivity contribution in [3.63, 3.8) is 0 Å². The minimum atomic E-state index is -4.39. The van der Waals surface area contributed by atoms with Crippen molar-refractivity contribution in [2.75, 3.05) is 0 Å². The number of imide groups is 1. The molecule has 0 spiro atoms. The third-order valence-electron chi connectivity index (χ3n) is 2.51. The number of hydrogen-bond donors (Lipinski definition) is 0. The van der Waals surface area contributed by atoms with Gasteiger partial charge in [-0.15, -0.1) is 9.35 Å². The second-order valence-electron chi connectivity index (χ2n) is 3.86. The number of non-ortho nitro benzene ring substituents is 1. The van der Waals surface area contributed by atoms with Gasteiger partial charge in [-0.1, -0.05) is 0 Å². The summed E-state index contributed by atoms with van der Waals surface area (Å²) >= 11 is 0. The van der Waals surface area contributed by atoms with E-state index in [1.807, 2.05) is 0 Å². The van der Waals surface area contributed by atoms with E-state index in [0.29, 0.717) is 0 Å². The first kappa shape index (κ1) is 14.1. The molecule has 1 aromatic carbocycles. The molecule has 106 valence electrons. The van der Waals surface area contributed by atoms with Gasteiger partial charge in [0.05, 0.1) is 9.82 Å². The maximum Gasteiger partial charge on any atom is 0.318 e. The number of nitrogens with zero attached hydrogens (tertiary/aromatic N) is 2.